The lowest BCUT2D eigenvalue weighted by Gasteiger charge is -2.19. The average Bonchev–Trinajstić information content (AvgIpc) is 2.91. The summed E-state index contributed by atoms with van der Waals surface area (Å²) in [6.45, 7) is 3.87. The fourth-order valence-electron chi connectivity index (χ4n) is 4.41. The highest BCUT2D eigenvalue weighted by molar-refractivity contribution is 6.22. The molecule has 0 bridgehead atoms. The topological polar surface area (TPSA) is 89.8 Å². The molecule has 1 saturated carbocycles. The van der Waals surface area contributed by atoms with Gasteiger partial charge in [-0.15, -0.1) is 0 Å². The fourth-order valence-corrected chi connectivity index (χ4v) is 4.41. The quantitative estimate of drug-likeness (QED) is 0.426. The molecular formula is C22H22N2O5. The van der Waals surface area contributed by atoms with Gasteiger partial charge in [-0.25, -0.2) is 4.90 Å². The van der Waals surface area contributed by atoms with Crippen LogP contribution in [0.5, 0.6) is 11.5 Å². The van der Waals surface area contributed by atoms with Crippen LogP contribution < -0.4 is 9.64 Å². The molecule has 1 saturated heterocycles. The number of hydrogen-bond acceptors (Lipinski definition) is 5. The van der Waals surface area contributed by atoms with Gasteiger partial charge in [0.25, 0.3) is 5.69 Å². The predicted octanol–water partition coefficient (Wildman–Crippen LogP) is 4.68. The smallest absolute Gasteiger partial charge is 0.275 e. The van der Waals surface area contributed by atoms with Crippen molar-refractivity contribution in [2.24, 2.45) is 11.8 Å². The second kappa shape index (κ2) is 7.31. The first-order valence-electron chi connectivity index (χ1n) is 9.77. The lowest BCUT2D eigenvalue weighted by molar-refractivity contribution is -0.384. The van der Waals surface area contributed by atoms with Gasteiger partial charge in [-0.05, 0) is 49.9 Å². The van der Waals surface area contributed by atoms with Crippen molar-refractivity contribution >= 4 is 23.2 Å². The Kier molecular flexibility index (Phi) is 4.82. The Morgan fingerprint density at radius 2 is 1.45 bits per heavy atom. The molecule has 150 valence electrons. The van der Waals surface area contributed by atoms with Crippen molar-refractivity contribution < 1.29 is 19.2 Å². The number of fused-ring (bicyclic) bond motifs is 1. The van der Waals surface area contributed by atoms with Gasteiger partial charge in [0.15, 0.2) is 0 Å². The van der Waals surface area contributed by atoms with Gasteiger partial charge < -0.3 is 4.74 Å². The lowest BCUT2D eigenvalue weighted by Crippen LogP contribution is -2.30. The Hall–Kier alpha value is -3.22. The minimum Gasteiger partial charge on any atom is -0.457 e. The van der Waals surface area contributed by atoms with E-state index in [1.54, 1.807) is 0 Å². The molecular weight excluding hydrogens is 372 g/mol. The summed E-state index contributed by atoms with van der Waals surface area (Å²) in [4.78, 5) is 37.8. The average molecular weight is 394 g/mol. The summed E-state index contributed by atoms with van der Waals surface area (Å²) in [5.41, 5.74) is 1.97. The molecule has 2 atom stereocenters. The number of imide groups is 1. The lowest BCUT2D eigenvalue weighted by atomic mass is 9.81. The Balaban J connectivity index is 1.73. The van der Waals surface area contributed by atoms with Gasteiger partial charge >= 0.3 is 0 Å². The maximum Gasteiger partial charge on any atom is 0.275 e. The van der Waals surface area contributed by atoms with Crippen LogP contribution in [0.1, 0.15) is 36.8 Å². The minimum absolute atomic E-state index is 0.197. The van der Waals surface area contributed by atoms with Gasteiger partial charge in [-0.2, -0.15) is 0 Å². The van der Waals surface area contributed by atoms with Crippen LogP contribution >= 0.6 is 0 Å². The zero-order valence-electron chi connectivity index (χ0n) is 16.4. The SMILES string of the molecule is Cc1cc(C)cc(Oc2cc(N3C(=O)C4CCCCC4C3=O)cc([N+](=O)[O-])c2)c1. The number of aryl methyl sites for hydroxylation is 2. The van der Waals surface area contributed by atoms with Gasteiger partial charge in [-0.1, -0.05) is 18.9 Å². The molecule has 2 aromatic carbocycles. The van der Waals surface area contributed by atoms with Crippen molar-refractivity contribution in [3.63, 3.8) is 0 Å². The summed E-state index contributed by atoms with van der Waals surface area (Å²) in [6, 6.07) is 9.74. The molecule has 2 aliphatic rings. The highest BCUT2D eigenvalue weighted by atomic mass is 16.6. The number of carbonyl (C=O) groups is 2. The van der Waals surface area contributed by atoms with Crippen LogP contribution in [0.4, 0.5) is 11.4 Å². The summed E-state index contributed by atoms with van der Waals surface area (Å²) in [6.07, 6.45) is 3.22. The number of amides is 2. The Bertz CT molecular complexity index is 972. The Morgan fingerprint density at radius 1 is 0.897 bits per heavy atom. The largest absolute Gasteiger partial charge is 0.457 e. The second-order valence-corrected chi connectivity index (χ2v) is 7.88. The van der Waals surface area contributed by atoms with Crippen molar-refractivity contribution in [1.29, 1.82) is 0 Å². The number of nitro groups is 1. The molecule has 29 heavy (non-hydrogen) atoms. The Morgan fingerprint density at radius 3 is 2.00 bits per heavy atom. The van der Waals surface area contributed by atoms with Crippen LogP contribution in [0.25, 0.3) is 0 Å². The summed E-state index contributed by atoms with van der Waals surface area (Å²) in [5, 5.41) is 11.5. The molecule has 4 rings (SSSR count). The van der Waals surface area contributed by atoms with Gasteiger partial charge in [0.05, 0.1) is 28.5 Å². The van der Waals surface area contributed by atoms with Crippen molar-refractivity contribution in [3.05, 3.63) is 57.6 Å². The number of ether oxygens (including phenoxy) is 1. The summed E-state index contributed by atoms with van der Waals surface area (Å²) >= 11 is 0. The van der Waals surface area contributed by atoms with Gasteiger partial charge in [0.1, 0.15) is 11.5 Å². The molecule has 2 aromatic rings. The summed E-state index contributed by atoms with van der Waals surface area (Å²) in [7, 11) is 0. The molecule has 0 radical (unpaired) electrons. The van der Waals surface area contributed by atoms with E-state index in [1.165, 1.54) is 18.2 Å². The summed E-state index contributed by atoms with van der Waals surface area (Å²) in [5.74, 6) is -0.412. The van der Waals surface area contributed by atoms with E-state index in [0.717, 1.165) is 28.9 Å². The van der Waals surface area contributed by atoms with Crippen molar-refractivity contribution in [2.45, 2.75) is 39.5 Å². The molecule has 1 aliphatic heterocycles. The third-order valence-electron chi connectivity index (χ3n) is 5.62. The number of nitrogens with zero attached hydrogens (tertiary/aromatic N) is 2. The predicted molar refractivity (Wildman–Crippen MR) is 107 cm³/mol. The zero-order valence-corrected chi connectivity index (χ0v) is 16.4. The highest BCUT2D eigenvalue weighted by Crippen LogP contribution is 2.42. The van der Waals surface area contributed by atoms with Crippen LogP contribution in [0.15, 0.2) is 36.4 Å². The van der Waals surface area contributed by atoms with Gasteiger partial charge in [0.2, 0.25) is 11.8 Å². The van der Waals surface area contributed by atoms with E-state index in [-0.39, 0.29) is 40.8 Å². The number of rotatable bonds is 4. The number of carbonyl (C=O) groups excluding carboxylic acids is 2. The van der Waals surface area contributed by atoms with Crippen molar-refractivity contribution in [1.82, 2.24) is 0 Å². The zero-order chi connectivity index (χ0) is 20.7. The van der Waals surface area contributed by atoms with E-state index >= 15 is 0 Å². The molecule has 2 fully saturated rings. The molecule has 7 heteroatoms. The fraction of sp³-hybridized carbons (Fsp3) is 0.364. The van der Waals surface area contributed by atoms with Crippen molar-refractivity contribution in [2.75, 3.05) is 4.90 Å². The van der Waals surface area contributed by atoms with Crippen molar-refractivity contribution in [3.8, 4) is 11.5 Å². The maximum atomic E-state index is 12.9. The van der Waals surface area contributed by atoms with Crippen LogP contribution in [-0.4, -0.2) is 16.7 Å². The van der Waals surface area contributed by atoms with Crippen LogP contribution in [-0.2, 0) is 9.59 Å². The first-order chi connectivity index (χ1) is 13.8. The number of benzene rings is 2. The number of anilines is 1. The third kappa shape index (κ3) is 3.60. The first kappa shape index (κ1) is 19.1. The third-order valence-corrected chi connectivity index (χ3v) is 5.62. The molecule has 0 N–H and O–H groups in total. The number of nitro benzene ring substituents is 1. The molecule has 0 spiro atoms. The highest BCUT2D eigenvalue weighted by Gasteiger charge is 2.49. The first-order valence-corrected chi connectivity index (χ1v) is 9.77. The molecule has 2 unspecified atom stereocenters. The van der Waals surface area contributed by atoms with E-state index in [9.17, 15) is 19.7 Å². The van der Waals surface area contributed by atoms with E-state index < -0.39 is 4.92 Å². The van der Waals surface area contributed by atoms with Crippen LogP contribution in [0, 0.1) is 35.8 Å². The maximum absolute atomic E-state index is 12.9. The second-order valence-electron chi connectivity index (χ2n) is 7.88. The van der Waals surface area contributed by atoms with Crippen LogP contribution in [0.2, 0.25) is 0 Å². The van der Waals surface area contributed by atoms with Gasteiger partial charge in [-0.3, -0.25) is 19.7 Å². The Labute approximate surface area is 168 Å². The van der Waals surface area contributed by atoms with E-state index in [2.05, 4.69) is 0 Å². The number of hydrogen-bond donors (Lipinski definition) is 0. The summed E-state index contributed by atoms with van der Waals surface area (Å²) < 4.78 is 5.87. The van der Waals surface area contributed by atoms with Gasteiger partial charge in [0, 0.05) is 12.1 Å². The molecule has 0 aromatic heterocycles. The molecule has 1 heterocycles. The standard InChI is InChI=1S/C22H22N2O5/c1-13-7-14(2)9-17(8-13)29-18-11-15(10-16(12-18)24(27)28)23-21(25)19-5-3-4-6-20(19)22(23)26/h7-12,19-20H,3-6H2,1-2H3. The van der Waals surface area contributed by atoms with E-state index in [0.29, 0.717) is 18.6 Å². The molecule has 2 amide bonds. The van der Waals surface area contributed by atoms with E-state index in [4.69, 9.17) is 4.74 Å². The monoisotopic (exact) mass is 394 g/mol. The normalized spacial score (nSPS) is 21.2. The van der Waals surface area contributed by atoms with Crippen LogP contribution in [0.3, 0.4) is 0 Å². The van der Waals surface area contributed by atoms with E-state index in [1.807, 2.05) is 32.0 Å². The number of non-ortho nitro benzene ring substituents is 1. The minimum atomic E-state index is -0.546. The molecule has 1 aliphatic carbocycles. The molecule has 7 nitrogen and oxygen atoms in total.